The molecular weight excluding hydrogens is 194 g/mol. The number of hydrogen-bond donors (Lipinski definition) is 1. The first-order valence-electron chi connectivity index (χ1n) is 5.48. The minimum absolute atomic E-state index is 1.16. The first-order valence-corrected chi connectivity index (χ1v) is 5.48. The van der Waals surface area contributed by atoms with E-state index in [2.05, 4.69) is 48.7 Å². The van der Waals surface area contributed by atoms with Crippen LogP contribution in [0.2, 0.25) is 0 Å². The van der Waals surface area contributed by atoms with E-state index in [1.165, 1.54) is 22.3 Å². The van der Waals surface area contributed by atoms with E-state index in [1.54, 1.807) is 0 Å². The molecule has 0 amide bonds. The van der Waals surface area contributed by atoms with Gasteiger partial charge in [0.2, 0.25) is 0 Å². The Bertz CT molecular complexity index is 546. The molecule has 0 saturated heterocycles. The van der Waals surface area contributed by atoms with Crippen LogP contribution in [0.25, 0.3) is 0 Å². The van der Waals surface area contributed by atoms with Crippen molar-refractivity contribution in [2.45, 2.75) is 6.92 Å². The van der Waals surface area contributed by atoms with Crippen LogP contribution in [0.1, 0.15) is 6.92 Å². The number of nitrogens with one attached hydrogen (secondary N) is 1. The minimum Gasteiger partial charge on any atom is -0.361 e. The minimum atomic E-state index is 1.16. The Kier molecular flexibility index (Phi) is 2.03. The molecule has 0 atom stereocenters. The summed E-state index contributed by atoms with van der Waals surface area (Å²) in [4.78, 5) is 0. The zero-order chi connectivity index (χ0) is 11.0. The van der Waals surface area contributed by atoms with Crippen LogP contribution in [0.15, 0.2) is 82.8 Å². The number of rotatable bonds is 1. The Balaban J connectivity index is 1.95. The molecule has 0 bridgehead atoms. The van der Waals surface area contributed by atoms with Gasteiger partial charge < -0.3 is 5.32 Å². The van der Waals surface area contributed by atoms with Crippen LogP contribution in [0.4, 0.5) is 0 Å². The third kappa shape index (κ3) is 1.41. The van der Waals surface area contributed by atoms with Crippen LogP contribution < -0.4 is 5.32 Å². The molecule has 2 aliphatic carbocycles. The van der Waals surface area contributed by atoms with Crippen molar-refractivity contribution >= 4 is 0 Å². The lowest BCUT2D eigenvalue weighted by Gasteiger charge is -2.09. The van der Waals surface area contributed by atoms with Gasteiger partial charge in [0.1, 0.15) is 0 Å². The van der Waals surface area contributed by atoms with Gasteiger partial charge in [0.15, 0.2) is 0 Å². The average Bonchev–Trinajstić information content (AvgIpc) is 2.68. The van der Waals surface area contributed by atoms with Crippen molar-refractivity contribution < 1.29 is 0 Å². The van der Waals surface area contributed by atoms with Crippen molar-refractivity contribution in [1.82, 2.24) is 5.32 Å². The monoisotopic (exact) mass is 207 g/mol. The van der Waals surface area contributed by atoms with Gasteiger partial charge in [-0.25, -0.2) is 0 Å². The van der Waals surface area contributed by atoms with Crippen molar-refractivity contribution in [2.24, 2.45) is 0 Å². The zero-order valence-corrected chi connectivity index (χ0v) is 9.20. The molecule has 0 aromatic carbocycles. The summed E-state index contributed by atoms with van der Waals surface area (Å²) in [6, 6.07) is 0. The molecule has 1 N–H and O–H groups in total. The molecule has 0 fully saturated rings. The van der Waals surface area contributed by atoms with Gasteiger partial charge in [0.05, 0.1) is 0 Å². The molecule has 0 spiro atoms. The summed E-state index contributed by atoms with van der Waals surface area (Å²) in [6.45, 7) is 2.14. The standard InChI is InChI=1S/C15H13N/c1-11-9-12-6-7-13(14(12)10-11)15-5-3-2-4-8-16-15/h2-10,16H,1H3. The lowest BCUT2D eigenvalue weighted by atomic mass is 10.0. The highest BCUT2D eigenvalue weighted by molar-refractivity contribution is 5.71. The molecule has 3 rings (SSSR count). The largest absolute Gasteiger partial charge is 0.361 e. The summed E-state index contributed by atoms with van der Waals surface area (Å²) >= 11 is 0. The molecule has 0 radical (unpaired) electrons. The van der Waals surface area contributed by atoms with Crippen LogP contribution in [-0.2, 0) is 0 Å². The van der Waals surface area contributed by atoms with E-state index in [0.717, 1.165) is 5.70 Å². The van der Waals surface area contributed by atoms with Crippen molar-refractivity contribution in [2.75, 3.05) is 0 Å². The smallest absolute Gasteiger partial charge is 0.0459 e. The van der Waals surface area contributed by atoms with Gasteiger partial charge in [-0.15, -0.1) is 0 Å². The fourth-order valence-electron chi connectivity index (χ4n) is 2.17. The van der Waals surface area contributed by atoms with Crippen molar-refractivity contribution in [3.05, 3.63) is 82.8 Å². The van der Waals surface area contributed by atoms with Crippen LogP contribution in [0.3, 0.4) is 0 Å². The Morgan fingerprint density at radius 2 is 1.81 bits per heavy atom. The van der Waals surface area contributed by atoms with E-state index >= 15 is 0 Å². The van der Waals surface area contributed by atoms with Crippen LogP contribution in [0, 0.1) is 0 Å². The Hall–Kier alpha value is -2.02. The second-order valence-electron chi connectivity index (χ2n) is 4.12. The lowest BCUT2D eigenvalue weighted by Crippen LogP contribution is -2.07. The molecule has 3 aliphatic rings. The highest BCUT2D eigenvalue weighted by Crippen LogP contribution is 2.36. The fourth-order valence-corrected chi connectivity index (χ4v) is 2.17. The van der Waals surface area contributed by atoms with Crippen LogP contribution >= 0.6 is 0 Å². The van der Waals surface area contributed by atoms with Crippen molar-refractivity contribution in [3.63, 3.8) is 0 Å². The number of fused-ring (bicyclic) bond motifs is 1. The van der Waals surface area contributed by atoms with E-state index in [0.29, 0.717) is 0 Å². The SMILES string of the molecule is CC1=CC2=CC=C(C3=CC=CC=CN3)C2=C1. The molecule has 1 heteroatoms. The summed E-state index contributed by atoms with van der Waals surface area (Å²) in [7, 11) is 0. The molecule has 0 unspecified atom stereocenters. The van der Waals surface area contributed by atoms with E-state index in [-0.39, 0.29) is 0 Å². The van der Waals surface area contributed by atoms with Crippen molar-refractivity contribution in [1.29, 1.82) is 0 Å². The predicted octanol–water partition coefficient (Wildman–Crippen LogP) is 3.30. The van der Waals surface area contributed by atoms with Gasteiger partial charge in [-0.05, 0) is 35.8 Å². The molecule has 0 aromatic heterocycles. The summed E-state index contributed by atoms with van der Waals surface area (Å²) in [6.07, 6.45) is 19.0. The second-order valence-corrected chi connectivity index (χ2v) is 4.12. The second kappa shape index (κ2) is 3.53. The van der Waals surface area contributed by atoms with E-state index in [9.17, 15) is 0 Å². The molecule has 0 aromatic rings. The maximum absolute atomic E-state index is 3.30. The van der Waals surface area contributed by atoms with Crippen molar-refractivity contribution in [3.8, 4) is 0 Å². The summed E-state index contributed by atoms with van der Waals surface area (Å²) in [5, 5.41) is 3.30. The first kappa shape index (κ1) is 9.22. The van der Waals surface area contributed by atoms with Gasteiger partial charge in [-0.3, -0.25) is 0 Å². The number of allylic oxidation sites excluding steroid dienone is 11. The van der Waals surface area contributed by atoms with Crippen LogP contribution in [-0.4, -0.2) is 0 Å². The molecule has 0 saturated carbocycles. The maximum atomic E-state index is 3.30. The van der Waals surface area contributed by atoms with Gasteiger partial charge in [0, 0.05) is 17.5 Å². The molecule has 78 valence electrons. The molecular formula is C15H13N. The summed E-state index contributed by atoms with van der Waals surface area (Å²) < 4.78 is 0. The van der Waals surface area contributed by atoms with E-state index in [4.69, 9.17) is 0 Å². The predicted molar refractivity (Wildman–Crippen MR) is 67.5 cm³/mol. The van der Waals surface area contributed by atoms with Gasteiger partial charge >= 0.3 is 0 Å². The molecule has 1 aliphatic heterocycles. The highest BCUT2D eigenvalue weighted by Gasteiger charge is 2.20. The topological polar surface area (TPSA) is 12.0 Å². The van der Waals surface area contributed by atoms with Gasteiger partial charge in [0.25, 0.3) is 0 Å². The third-order valence-corrected chi connectivity index (χ3v) is 2.90. The third-order valence-electron chi connectivity index (χ3n) is 2.90. The normalized spacial score (nSPS) is 21.4. The van der Waals surface area contributed by atoms with Gasteiger partial charge in [-0.1, -0.05) is 36.5 Å². The highest BCUT2D eigenvalue weighted by atomic mass is 14.9. The van der Waals surface area contributed by atoms with Gasteiger partial charge in [-0.2, -0.15) is 0 Å². The molecule has 16 heavy (non-hydrogen) atoms. The fraction of sp³-hybridized carbons (Fsp3) is 0.0667. The Morgan fingerprint density at radius 1 is 0.875 bits per heavy atom. The first-order chi connectivity index (χ1) is 7.84. The quantitative estimate of drug-likeness (QED) is 0.695. The zero-order valence-electron chi connectivity index (χ0n) is 9.20. The summed E-state index contributed by atoms with van der Waals surface area (Å²) in [5.74, 6) is 0. The Morgan fingerprint density at radius 3 is 2.75 bits per heavy atom. The lowest BCUT2D eigenvalue weighted by molar-refractivity contribution is 1.08. The van der Waals surface area contributed by atoms with E-state index in [1.807, 2.05) is 18.4 Å². The molecule has 1 nitrogen and oxygen atoms in total. The number of hydrogen-bond acceptors (Lipinski definition) is 1. The molecule has 1 heterocycles. The average molecular weight is 207 g/mol. The maximum Gasteiger partial charge on any atom is 0.0459 e. The summed E-state index contributed by atoms with van der Waals surface area (Å²) in [5.41, 5.74) is 6.42. The van der Waals surface area contributed by atoms with E-state index < -0.39 is 0 Å². The Labute approximate surface area is 95.6 Å². The van der Waals surface area contributed by atoms with Crippen LogP contribution in [0.5, 0.6) is 0 Å².